The first kappa shape index (κ1) is 22.1. The molecule has 4 aromatic carbocycles. The highest BCUT2D eigenvalue weighted by molar-refractivity contribution is 6.34. The predicted molar refractivity (Wildman–Crippen MR) is 135 cm³/mol. The topological polar surface area (TPSA) is 58.2 Å². The molecule has 0 heterocycles. The number of benzene rings is 4. The predicted octanol–water partition coefficient (Wildman–Crippen LogP) is 6.46. The highest BCUT2D eigenvalue weighted by Crippen LogP contribution is 2.20. The number of carbonyl (C=O) groups is 2. The zero-order valence-corrected chi connectivity index (χ0v) is 18.4. The molecule has 0 aliphatic carbocycles. The van der Waals surface area contributed by atoms with Crippen molar-refractivity contribution in [2.24, 2.45) is 0 Å². The van der Waals surface area contributed by atoms with Crippen molar-refractivity contribution in [3.8, 4) is 0 Å². The van der Waals surface area contributed by atoms with E-state index in [-0.39, 0.29) is 11.3 Å². The van der Waals surface area contributed by atoms with E-state index in [1.165, 1.54) is 0 Å². The van der Waals surface area contributed by atoms with Crippen LogP contribution in [0.4, 0.5) is 5.69 Å². The molecule has 0 atom stereocenters. The lowest BCUT2D eigenvalue weighted by atomic mass is 10.1. The minimum atomic E-state index is -0.464. The number of fused-ring (bicyclic) bond motifs is 1. The fourth-order valence-electron chi connectivity index (χ4n) is 3.29. The third-order valence-corrected chi connectivity index (χ3v) is 5.30. The molecule has 0 fully saturated rings. The molecule has 0 radical (unpaired) electrons. The van der Waals surface area contributed by atoms with Gasteiger partial charge in [-0.1, -0.05) is 96.5 Å². The van der Waals surface area contributed by atoms with Crippen LogP contribution in [0.5, 0.6) is 0 Å². The maximum Gasteiger partial charge on any atom is 0.272 e. The molecule has 2 N–H and O–H groups in total. The van der Waals surface area contributed by atoms with E-state index in [2.05, 4.69) is 10.6 Å². The van der Waals surface area contributed by atoms with E-state index in [4.69, 9.17) is 11.6 Å². The zero-order chi connectivity index (χ0) is 23.0. The number of hydrogen-bond acceptors (Lipinski definition) is 2. The molecule has 0 unspecified atom stereocenters. The van der Waals surface area contributed by atoms with Crippen LogP contribution < -0.4 is 10.6 Å². The standard InChI is InChI=1S/C28H21ClN2O2/c29-25-15-7-6-14-24(25)27(32)31-26(16-8-11-20-9-2-1-3-10-20)28(33)30-23-18-17-21-12-4-5-13-22(21)19-23/h1-19H,(H,30,33)(H,31,32). The first-order valence-electron chi connectivity index (χ1n) is 10.4. The minimum Gasteiger partial charge on any atom is -0.321 e. The number of carbonyl (C=O) groups excluding carboxylic acids is 2. The van der Waals surface area contributed by atoms with Gasteiger partial charge in [0.05, 0.1) is 10.6 Å². The highest BCUT2D eigenvalue weighted by Gasteiger charge is 2.16. The normalized spacial score (nSPS) is 11.5. The molecule has 162 valence electrons. The van der Waals surface area contributed by atoms with Crippen LogP contribution in [0.1, 0.15) is 15.9 Å². The molecular formula is C28H21ClN2O2. The second-order valence-corrected chi connectivity index (χ2v) is 7.71. The number of nitrogens with one attached hydrogen (secondary N) is 2. The van der Waals surface area contributed by atoms with E-state index in [9.17, 15) is 9.59 Å². The molecule has 2 amide bonds. The maximum atomic E-state index is 13.1. The van der Waals surface area contributed by atoms with Gasteiger partial charge in [-0.05, 0) is 46.7 Å². The molecule has 0 aromatic heterocycles. The van der Waals surface area contributed by atoms with Crippen molar-refractivity contribution in [1.29, 1.82) is 0 Å². The number of halogens is 1. The summed E-state index contributed by atoms with van der Waals surface area (Å²) < 4.78 is 0. The summed E-state index contributed by atoms with van der Waals surface area (Å²) in [5, 5.41) is 7.94. The summed E-state index contributed by atoms with van der Waals surface area (Å²) in [6.45, 7) is 0. The van der Waals surface area contributed by atoms with Gasteiger partial charge in [-0.15, -0.1) is 0 Å². The Kier molecular flexibility index (Phi) is 6.98. The molecule has 5 heteroatoms. The summed E-state index contributed by atoms with van der Waals surface area (Å²) in [6, 6.07) is 29.9. The van der Waals surface area contributed by atoms with Gasteiger partial charge in [-0.3, -0.25) is 9.59 Å². The lowest BCUT2D eigenvalue weighted by Gasteiger charge is -2.12. The zero-order valence-electron chi connectivity index (χ0n) is 17.7. The van der Waals surface area contributed by atoms with E-state index in [0.717, 1.165) is 16.3 Å². The van der Waals surface area contributed by atoms with Gasteiger partial charge in [0.2, 0.25) is 0 Å². The van der Waals surface area contributed by atoms with E-state index < -0.39 is 11.8 Å². The van der Waals surface area contributed by atoms with Gasteiger partial charge < -0.3 is 10.6 Å². The summed E-state index contributed by atoms with van der Waals surface area (Å²) >= 11 is 6.16. The average molecular weight is 453 g/mol. The molecule has 33 heavy (non-hydrogen) atoms. The monoisotopic (exact) mass is 452 g/mol. The van der Waals surface area contributed by atoms with Crippen molar-refractivity contribution < 1.29 is 9.59 Å². The third kappa shape index (κ3) is 5.76. The Morgan fingerprint density at radius 2 is 1.45 bits per heavy atom. The number of anilines is 1. The van der Waals surface area contributed by atoms with Crippen molar-refractivity contribution >= 4 is 46.0 Å². The molecule has 4 rings (SSSR count). The van der Waals surface area contributed by atoms with Crippen molar-refractivity contribution in [1.82, 2.24) is 5.32 Å². The molecule has 0 aliphatic rings. The van der Waals surface area contributed by atoms with Gasteiger partial charge in [0, 0.05) is 5.69 Å². The van der Waals surface area contributed by atoms with Gasteiger partial charge in [0.15, 0.2) is 0 Å². The number of rotatable bonds is 6. The van der Waals surface area contributed by atoms with Crippen LogP contribution in [-0.2, 0) is 4.79 Å². The van der Waals surface area contributed by atoms with Crippen LogP contribution in [0, 0.1) is 0 Å². The van der Waals surface area contributed by atoms with Gasteiger partial charge >= 0.3 is 0 Å². The molecule has 0 saturated carbocycles. The summed E-state index contributed by atoms with van der Waals surface area (Å²) in [5.41, 5.74) is 1.99. The molecule has 0 spiro atoms. The quantitative estimate of drug-likeness (QED) is 0.260. The number of amides is 2. The molecule has 0 saturated heterocycles. The fraction of sp³-hybridized carbons (Fsp3) is 0. The molecule has 0 bridgehead atoms. The molecule has 0 aliphatic heterocycles. The number of allylic oxidation sites excluding steroid dienone is 2. The van der Waals surface area contributed by atoms with Crippen LogP contribution in [0.3, 0.4) is 0 Å². The van der Waals surface area contributed by atoms with Crippen molar-refractivity contribution in [2.45, 2.75) is 0 Å². The van der Waals surface area contributed by atoms with Crippen LogP contribution in [0.25, 0.3) is 16.8 Å². The van der Waals surface area contributed by atoms with E-state index >= 15 is 0 Å². The summed E-state index contributed by atoms with van der Waals surface area (Å²) in [7, 11) is 0. The van der Waals surface area contributed by atoms with Crippen LogP contribution >= 0.6 is 11.6 Å². The van der Waals surface area contributed by atoms with E-state index in [1.807, 2.05) is 78.9 Å². The minimum absolute atomic E-state index is 0.0975. The third-order valence-electron chi connectivity index (χ3n) is 4.97. The lowest BCUT2D eigenvalue weighted by Crippen LogP contribution is -2.31. The van der Waals surface area contributed by atoms with Crippen molar-refractivity contribution in [3.63, 3.8) is 0 Å². The SMILES string of the molecule is O=C(Nc1ccc2ccccc2c1)C(=CC=Cc1ccccc1)NC(=O)c1ccccc1Cl. The second-order valence-electron chi connectivity index (χ2n) is 7.30. The Hall–Kier alpha value is -4.15. The first-order chi connectivity index (χ1) is 16.1. The van der Waals surface area contributed by atoms with E-state index in [0.29, 0.717) is 10.7 Å². The Morgan fingerprint density at radius 1 is 0.758 bits per heavy atom. The smallest absolute Gasteiger partial charge is 0.272 e. The van der Waals surface area contributed by atoms with Gasteiger partial charge in [-0.2, -0.15) is 0 Å². The Bertz CT molecular complexity index is 1360. The van der Waals surface area contributed by atoms with Crippen molar-refractivity contribution in [2.75, 3.05) is 5.32 Å². The Labute approximate surface area is 197 Å². The first-order valence-corrected chi connectivity index (χ1v) is 10.8. The highest BCUT2D eigenvalue weighted by atomic mass is 35.5. The number of hydrogen-bond donors (Lipinski definition) is 2. The van der Waals surface area contributed by atoms with Gasteiger partial charge in [0.25, 0.3) is 11.8 Å². The maximum absolute atomic E-state index is 13.1. The van der Waals surface area contributed by atoms with Crippen LogP contribution in [0.2, 0.25) is 5.02 Å². The summed E-state index contributed by atoms with van der Waals surface area (Å²) in [4.78, 5) is 25.9. The summed E-state index contributed by atoms with van der Waals surface area (Å²) in [5.74, 6) is -0.906. The summed E-state index contributed by atoms with van der Waals surface area (Å²) in [6.07, 6.45) is 5.14. The molecule has 4 nitrogen and oxygen atoms in total. The van der Waals surface area contributed by atoms with Gasteiger partial charge in [-0.25, -0.2) is 0 Å². The van der Waals surface area contributed by atoms with Gasteiger partial charge in [0.1, 0.15) is 5.70 Å². The second kappa shape index (κ2) is 10.4. The lowest BCUT2D eigenvalue weighted by molar-refractivity contribution is -0.113. The fourth-order valence-corrected chi connectivity index (χ4v) is 3.52. The van der Waals surface area contributed by atoms with E-state index in [1.54, 1.807) is 36.4 Å². The average Bonchev–Trinajstić information content (AvgIpc) is 2.84. The van der Waals surface area contributed by atoms with Crippen LogP contribution in [0.15, 0.2) is 115 Å². The molecule has 4 aromatic rings. The Morgan fingerprint density at radius 3 is 2.24 bits per heavy atom. The van der Waals surface area contributed by atoms with Crippen molar-refractivity contribution in [3.05, 3.63) is 131 Å². The molecular weight excluding hydrogens is 432 g/mol. The Balaban J connectivity index is 1.59. The largest absolute Gasteiger partial charge is 0.321 e. The van der Waals surface area contributed by atoms with Crippen LogP contribution in [-0.4, -0.2) is 11.8 Å².